The first-order valence-electron chi connectivity index (χ1n) is 11.3. The van der Waals surface area contributed by atoms with Gasteiger partial charge in [-0.1, -0.05) is 78.9 Å². The van der Waals surface area contributed by atoms with Crippen LogP contribution in [0.5, 0.6) is 0 Å². The predicted octanol–water partition coefficient (Wildman–Crippen LogP) is 4.66. The molecular weight excluding hydrogens is 412 g/mol. The van der Waals surface area contributed by atoms with Crippen LogP contribution < -0.4 is 0 Å². The van der Waals surface area contributed by atoms with Gasteiger partial charge in [0.1, 0.15) is 5.92 Å². The van der Waals surface area contributed by atoms with Gasteiger partial charge in [0, 0.05) is 36.2 Å². The Labute approximate surface area is 194 Å². The summed E-state index contributed by atoms with van der Waals surface area (Å²) in [5.41, 5.74) is 5.28. The number of hydrogen-bond acceptors (Lipinski definition) is 4. The summed E-state index contributed by atoms with van der Waals surface area (Å²) in [6.07, 6.45) is 0.743. The molecule has 1 unspecified atom stereocenters. The number of ether oxygens (including phenoxy) is 1. The van der Waals surface area contributed by atoms with Crippen molar-refractivity contribution in [3.8, 4) is 0 Å². The molecule has 0 saturated carbocycles. The van der Waals surface area contributed by atoms with Crippen LogP contribution in [-0.2, 0) is 29.0 Å². The number of H-pyrrole nitrogens is 1. The number of carbonyl (C=O) groups excluding carboxylic acids is 1. The number of rotatable bonds is 10. The second kappa shape index (κ2) is 10.9. The molecule has 3 aromatic carbocycles. The summed E-state index contributed by atoms with van der Waals surface area (Å²) in [5.74, 6) is -1.16. The van der Waals surface area contributed by atoms with Gasteiger partial charge < -0.3 is 14.8 Å². The third-order valence-corrected chi connectivity index (χ3v) is 6.04. The standard InChI is InChI=1S/C28H30N2O3/c1-33-28(32)25(20-31)27-24(23-14-8-9-15-26(23)29-27)16-17-30(18-21-10-4-2-5-11-21)19-22-12-6-3-7-13-22/h2-15,25,29,31H,16-20H2,1H3. The molecule has 1 aromatic heterocycles. The molecule has 0 aliphatic carbocycles. The zero-order valence-corrected chi connectivity index (χ0v) is 18.9. The summed E-state index contributed by atoms with van der Waals surface area (Å²) >= 11 is 0. The van der Waals surface area contributed by atoms with Gasteiger partial charge in [-0.05, 0) is 29.2 Å². The zero-order chi connectivity index (χ0) is 23.0. The minimum atomic E-state index is -0.728. The van der Waals surface area contributed by atoms with E-state index in [2.05, 4.69) is 64.5 Å². The number of hydrogen-bond donors (Lipinski definition) is 2. The normalized spacial score (nSPS) is 12.2. The van der Waals surface area contributed by atoms with Gasteiger partial charge in [0.05, 0.1) is 13.7 Å². The molecule has 33 heavy (non-hydrogen) atoms. The number of fused-ring (bicyclic) bond motifs is 1. The molecule has 0 radical (unpaired) electrons. The molecule has 0 saturated heterocycles. The molecule has 1 heterocycles. The van der Waals surface area contributed by atoms with Crippen molar-refractivity contribution >= 4 is 16.9 Å². The Bertz CT molecular complexity index is 1130. The third kappa shape index (κ3) is 5.51. The fraction of sp³-hybridized carbons (Fsp3) is 0.250. The molecule has 1 atom stereocenters. The second-order valence-corrected chi connectivity index (χ2v) is 8.25. The van der Waals surface area contributed by atoms with Crippen molar-refractivity contribution in [1.29, 1.82) is 0 Å². The molecule has 5 heteroatoms. The zero-order valence-electron chi connectivity index (χ0n) is 18.9. The fourth-order valence-corrected chi connectivity index (χ4v) is 4.38. The maximum atomic E-state index is 12.4. The van der Waals surface area contributed by atoms with Gasteiger partial charge in [-0.3, -0.25) is 9.69 Å². The Morgan fingerprint density at radius 2 is 1.48 bits per heavy atom. The Hall–Kier alpha value is -3.41. The quantitative estimate of drug-likeness (QED) is 0.351. The van der Waals surface area contributed by atoms with Crippen LogP contribution in [0.2, 0.25) is 0 Å². The average molecular weight is 443 g/mol. The van der Waals surface area contributed by atoms with E-state index in [0.717, 1.165) is 48.2 Å². The van der Waals surface area contributed by atoms with Crippen LogP contribution in [0.25, 0.3) is 10.9 Å². The number of aromatic nitrogens is 1. The number of para-hydroxylation sites is 1. The summed E-state index contributed by atoms with van der Waals surface area (Å²) in [6, 6.07) is 28.9. The SMILES string of the molecule is COC(=O)C(CO)c1[nH]c2ccccc2c1CCN(Cc1ccccc1)Cc1ccccc1. The van der Waals surface area contributed by atoms with E-state index >= 15 is 0 Å². The maximum absolute atomic E-state index is 12.4. The summed E-state index contributed by atoms with van der Waals surface area (Å²) in [7, 11) is 1.36. The number of esters is 1. The monoisotopic (exact) mass is 442 g/mol. The largest absolute Gasteiger partial charge is 0.468 e. The molecule has 0 fully saturated rings. The Morgan fingerprint density at radius 3 is 2.06 bits per heavy atom. The second-order valence-electron chi connectivity index (χ2n) is 8.25. The molecule has 170 valence electrons. The first-order valence-corrected chi connectivity index (χ1v) is 11.3. The Balaban J connectivity index is 1.63. The van der Waals surface area contributed by atoms with Gasteiger partial charge in [0.25, 0.3) is 0 Å². The molecule has 0 aliphatic rings. The molecule has 4 aromatic rings. The van der Waals surface area contributed by atoms with Crippen molar-refractivity contribution in [2.75, 3.05) is 20.3 Å². The summed E-state index contributed by atoms with van der Waals surface area (Å²) < 4.78 is 4.96. The van der Waals surface area contributed by atoms with Gasteiger partial charge in [0.15, 0.2) is 0 Å². The topological polar surface area (TPSA) is 65.6 Å². The minimum absolute atomic E-state index is 0.301. The van der Waals surface area contributed by atoms with E-state index in [-0.39, 0.29) is 6.61 Å². The summed E-state index contributed by atoms with van der Waals surface area (Å²) in [4.78, 5) is 18.2. The van der Waals surface area contributed by atoms with Crippen molar-refractivity contribution in [1.82, 2.24) is 9.88 Å². The van der Waals surface area contributed by atoms with Crippen LogP contribution in [0.1, 0.15) is 28.3 Å². The van der Waals surface area contributed by atoms with Crippen LogP contribution in [0, 0.1) is 0 Å². The molecule has 0 amide bonds. The fourth-order valence-electron chi connectivity index (χ4n) is 4.38. The van der Waals surface area contributed by atoms with Crippen molar-refractivity contribution < 1.29 is 14.6 Å². The van der Waals surface area contributed by atoms with E-state index in [0.29, 0.717) is 0 Å². The number of aliphatic hydroxyl groups excluding tert-OH is 1. The van der Waals surface area contributed by atoms with E-state index in [1.807, 2.05) is 30.3 Å². The Morgan fingerprint density at radius 1 is 0.909 bits per heavy atom. The minimum Gasteiger partial charge on any atom is -0.468 e. The van der Waals surface area contributed by atoms with E-state index < -0.39 is 11.9 Å². The molecule has 2 N–H and O–H groups in total. The van der Waals surface area contributed by atoms with Crippen LogP contribution in [0.15, 0.2) is 84.9 Å². The molecule has 4 rings (SSSR count). The van der Waals surface area contributed by atoms with Crippen molar-refractivity contribution in [3.05, 3.63) is 107 Å². The maximum Gasteiger partial charge on any atom is 0.317 e. The average Bonchev–Trinajstić information content (AvgIpc) is 3.22. The lowest BCUT2D eigenvalue weighted by molar-refractivity contribution is -0.143. The van der Waals surface area contributed by atoms with Crippen LogP contribution in [0.3, 0.4) is 0 Å². The number of methoxy groups -OCH3 is 1. The van der Waals surface area contributed by atoms with Crippen LogP contribution in [0.4, 0.5) is 0 Å². The third-order valence-electron chi connectivity index (χ3n) is 6.04. The van der Waals surface area contributed by atoms with E-state index in [1.54, 1.807) is 0 Å². The van der Waals surface area contributed by atoms with Gasteiger partial charge >= 0.3 is 5.97 Å². The van der Waals surface area contributed by atoms with Gasteiger partial charge in [-0.2, -0.15) is 0 Å². The van der Waals surface area contributed by atoms with Gasteiger partial charge in [-0.25, -0.2) is 0 Å². The number of benzene rings is 3. The number of carbonyl (C=O) groups is 1. The van der Waals surface area contributed by atoms with Gasteiger partial charge in [-0.15, -0.1) is 0 Å². The first kappa shape index (κ1) is 22.8. The van der Waals surface area contributed by atoms with E-state index in [4.69, 9.17) is 4.74 Å². The summed E-state index contributed by atoms with van der Waals surface area (Å²) in [6.45, 7) is 2.16. The number of aliphatic hydroxyl groups is 1. The van der Waals surface area contributed by atoms with Crippen molar-refractivity contribution in [3.63, 3.8) is 0 Å². The number of aromatic amines is 1. The molecule has 0 spiro atoms. The summed E-state index contributed by atoms with van der Waals surface area (Å²) in [5, 5.41) is 11.0. The lowest BCUT2D eigenvalue weighted by Crippen LogP contribution is -2.26. The lowest BCUT2D eigenvalue weighted by Gasteiger charge is -2.23. The molecule has 5 nitrogen and oxygen atoms in total. The van der Waals surface area contributed by atoms with E-state index in [9.17, 15) is 9.90 Å². The molecular formula is C28H30N2O3. The van der Waals surface area contributed by atoms with Crippen molar-refractivity contribution in [2.45, 2.75) is 25.4 Å². The highest BCUT2D eigenvalue weighted by atomic mass is 16.5. The van der Waals surface area contributed by atoms with Crippen LogP contribution >= 0.6 is 0 Å². The highest BCUT2D eigenvalue weighted by Crippen LogP contribution is 2.29. The molecule has 0 aliphatic heterocycles. The van der Waals surface area contributed by atoms with E-state index in [1.165, 1.54) is 18.2 Å². The lowest BCUT2D eigenvalue weighted by atomic mass is 9.98. The number of nitrogens with zero attached hydrogens (tertiary/aromatic N) is 1. The van der Waals surface area contributed by atoms with Crippen molar-refractivity contribution in [2.24, 2.45) is 0 Å². The molecule has 0 bridgehead atoms. The van der Waals surface area contributed by atoms with Crippen LogP contribution in [-0.4, -0.2) is 41.2 Å². The predicted molar refractivity (Wildman–Crippen MR) is 131 cm³/mol. The smallest absolute Gasteiger partial charge is 0.317 e. The first-order chi connectivity index (χ1) is 16.2. The Kier molecular flexibility index (Phi) is 7.55. The number of nitrogens with one attached hydrogen (secondary N) is 1. The highest BCUT2D eigenvalue weighted by molar-refractivity contribution is 5.88. The highest BCUT2D eigenvalue weighted by Gasteiger charge is 2.26. The van der Waals surface area contributed by atoms with Gasteiger partial charge in [0.2, 0.25) is 0 Å².